The van der Waals surface area contributed by atoms with E-state index in [-0.39, 0.29) is 0 Å². The summed E-state index contributed by atoms with van der Waals surface area (Å²) in [5, 5.41) is 7.73. The van der Waals surface area contributed by atoms with Crippen molar-refractivity contribution in [3.8, 4) is 22.3 Å². The zero-order chi connectivity index (χ0) is 36.8. The molecule has 9 aromatic rings. The van der Waals surface area contributed by atoms with Crippen LogP contribution in [0.5, 0.6) is 0 Å². The van der Waals surface area contributed by atoms with E-state index >= 15 is 0 Å². The average Bonchev–Trinajstić information content (AvgIpc) is 3.75. The number of benzene rings is 9. The summed E-state index contributed by atoms with van der Waals surface area (Å²) < 4.78 is 0. The van der Waals surface area contributed by atoms with Crippen LogP contribution in [0.25, 0.3) is 60.1 Å². The molecule has 0 bridgehead atoms. The summed E-state index contributed by atoms with van der Waals surface area (Å²) in [6, 6.07) is 68.3. The van der Waals surface area contributed by atoms with Crippen LogP contribution in [0.4, 0.5) is 17.1 Å². The first-order valence-electron chi connectivity index (χ1n) is 19.9. The molecule has 0 radical (unpaired) electrons. The van der Waals surface area contributed by atoms with Crippen molar-refractivity contribution in [1.82, 2.24) is 0 Å². The Labute approximate surface area is 327 Å². The van der Waals surface area contributed by atoms with Crippen LogP contribution in [0.2, 0.25) is 0 Å². The van der Waals surface area contributed by atoms with E-state index in [1.54, 1.807) is 0 Å². The Bertz CT molecular complexity index is 3100. The molecule has 1 nitrogen and oxygen atoms in total. The van der Waals surface area contributed by atoms with Crippen LogP contribution in [-0.2, 0) is 5.41 Å². The molecule has 3 aliphatic rings. The van der Waals surface area contributed by atoms with Crippen molar-refractivity contribution in [3.05, 3.63) is 228 Å². The van der Waals surface area contributed by atoms with Crippen molar-refractivity contribution in [2.45, 2.75) is 18.3 Å². The van der Waals surface area contributed by atoms with E-state index in [2.05, 4.69) is 205 Å². The number of hydrogen-bond donors (Lipinski definition) is 0. The fourth-order valence-corrected chi connectivity index (χ4v) is 10.5. The number of hydrogen-bond acceptors (Lipinski definition) is 1. The number of allylic oxidation sites excluding steroid dienone is 4. The second kappa shape index (κ2) is 12.0. The normalized spacial score (nSPS) is 14.5. The molecule has 1 heteroatoms. The van der Waals surface area contributed by atoms with Crippen LogP contribution in [0, 0.1) is 0 Å². The molecule has 0 N–H and O–H groups in total. The molecular weight excluding hydrogens is 675 g/mol. The van der Waals surface area contributed by atoms with Gasteiger partial charge in [-0.2, -0.15) is 0 Å². The maximum atomic E-state index is 2.58. The van der Waals surface area contributed by atoms with Gasteiger partial charge in [0.15, 0.2) is 0 Å². The first-order valence-corrected chi connectivity index (χ1v) is 19.9. The fraction of sp³-hybridized carbons (Fsp3) is 0.0545. The lowest BCUT2D eigenvalue weighted by Crippen LogP contribution is -2.26. The van der Waals surface area contributed by atoms with Crippen molar-refractivity contribution in [3.63, 3.8) is 0 Å². The first-order chi connectivity index (χ1) is 27.8. The molecule has 0 saturated carbocycles. The van der Waals surface area contributed by atoms with E-state index in [1.807, 2.05) is 0 Å². The van der Waals surface area contributed by atoms with E-state index in [9.17, 15) is 0 Å². The molecule has 0 unspecified atom stereocenters. The first kappa shape index (κ1) is 31.4. The smallest absolute Gasteiger partial charge is 0.0732 e. The van der Waals surface area contributed by atoms with Crippen LogP contribution in [0.15, 0.2) is 200 Å². The largest absolute Gasteiger partial charge is 0.309 e. The number of fused-ring (bicyclic) bond motifs is 17. The van der Waals surface area contributed by atoms with Gasteiger partial charge in [-0.05, 0) is 114 Å². The highest BCUT2D eigenvalue weighted by Crippen LogP contribution is 2.67. The molecule has 56 heavy (non-hydrogen) atoms. The van der Waals surface area contributed by atoms with Crippen LogP contribution < -0.4 is 4.90 Å². The van der Waals surface area contributed by atoms with Crippen molar-refractivity contribution >= 4 is 55.0 Å². The molecular formula is C55H37N. The minimum absolute atomic E-state index is 0.545. The van der Waals surface area contributed by atoms with E-state index in [4.69, 9.17) is 0 Å². The van der Waals surface area contributed by atoms with Crippen molar-refractivity contribution in [2.75, 3.05) is 4.90 Å². The van der Waals surface area contributed by atoms with Gasteiger partial charge in [0.05, 0.1) is 16.8 Å². The monoisotopic (exact) mass is 711 g/mol. The van der Waals surface area contributed by atoms with Gasteiger partial charge < -0.3 is 4.90 Å². The maximum Gasteiger partial charge on any atom is 0.0732 e. The van der Waals surface area contributed by atoms with Gasteiger partial charge in [0, 0.05) is 16.6 Å². The predicted molar refractivity (Wildman–Crippen MR) is 236 cm³/mol. The third-order valence-electron chi connectivity index (χ3n) is 12.6. The lowest BCUT2D eigenvalue weighted by Gasteiger charge is -2.34. The van der Waals surface area contributed by atoms with Crippen molar-refractivity contribution < 1.29 is 0 Å². The Kier molecular flexibility index (Phi) is 6.74. The van der Waals surface area contributed by atoms with Gasteiger partial charge in [-0.25, -0.2) is 0 Å². The molecule has 0 amide bonds. The summed E-state index contributed by atoms with van der Waals surface area (Å²) >= 11 is 0. The van der Waals surface area contributed by atoms with Gasteiger partial charge in [0.1, 0.15) is 0 Å². The highest BCUT2D eigenvalue weighted by molar-refractivity contribution is 6.24. The van der Waals surface area contributed by atoms with Gasteiger partial charge in [0.25, 0.3) is 0 Å². The fourth-order valence-electron chi connectivity index (χ4n) is 10.5. The highest BCUT2D eigenvalue weighted by atomic mass is 15.1. The predicted octanol–water partition coefficient (Wildman–Crippen LogP) is 14.7. The summed E-state index contributed by atoms with van der Waals surface area (Å²) in [5.74, 6) is 0. The van der Waals surface area contributed by atoms with Crippen LogP contribution >= 0.6 is 0 Å². The molecule has 3 aliphatic carbocycles. The summed E-state index contributed by atoms with van der Waals surface area (Å²) in [6.45, 7) is 0. The Morgan fingerprint density at radius 2 is 0.929 bits per heavy atom. The van der Waals surface area contributed by atoms with Crippen molar-refractivity contribution in [1.29, 1.82) is 0 Å². The molecule has 0 atom stereocenters. The summed E-state index contributed by atoms with van der Waals surface area (Å²) in [4.78, 5) is 2.53. The summed E-state index contributed by atoms with van der Waals surface area (Å²) in [5.41, 5.74) is 16.2. The van der Waals surface area contributed by atoms with Gasteiger partial charge in [-0.1, -0.05) is 176 Å². The third kappa shape index (κ3) is 4.15. The molecule has 262 valence electrons. The SMILES string of the molecule is C1=CC(c2ccccc2N(c2ccccc2)c2cc3c(c4ccccc24)-c2c(c4ccccc4c4ccccc24)C32c3ccccc3-c3ccccc32)=CCC1. The standard InChI is InChI=1S/C55H37N/c1-3-19-36(20-4-1)38-23-15-18-34-50(38)56(37-21-5-2-6-22-37)51-35-49-52(45-30-11-9-28-43(45)51)53-44-29-10-7-24-39(44)40-25-8-12-31-46(40)54(53)55(49)47-32-16-13-26-41(47)42-27-14-17-33-48(42)55/h2-3,5-35H,1,4H2. The Morgan fingerprint density at radius 1 is 0.393 bits per heavy atom. The molecule has 1 spiro atoms. The zero-order valence-corrected chi connectivity index (χ0v) is 30.9. The maximum absolute atomic E-state index is 2.58. The molecule has 0 aromatic heterocycles. The minimum Gasteiger partial charge on any atom is -0.309 e. The number of anilines is 3. The lowest BCUT2D eigenvalue weighted by molar-refractivity contribution is 0.802. The van der Waals surface area contributed by atoms with Gasteiger partial charge >= 0.3 is 0 Å². The average molecular weight is 712 g/mol. The topological polar surface area (TPSA) is 3.24 Å². The van der Waals surface area contributed by atoms with Gasteiger partial charge in [0.2, 0.25) is 0 Å². The molecule has 0 saturated heterocycles. The third-order valence-corrected chi connectivity index (χ3v) is 12.6. The second-order valence-corrected chi connectivity index (χ2v) is 15.4. The Balaban J connectivity index is 1.30. The van der Waals surface area contributed by atoms with Gasteiger partial charge in [-0.15, -0.1) is 0 Å². The highest BCUT2D eigenvalue weighted by Gasteiger charge is 2.53. The molecule has 9 aromatic carbocycles. The van der Waals surface area contributed by atoms with Crippen LogP contribution in [-0.4, -0.2) is 0 Å². The zero-order valence-electron chi connectivity index (χ0n) is 30.9. The van der Waals surface area contributed by atoms with E-state index in [1.165, 1.54) is 99.3 Å². The summed E-state index contributed by atoms with van der Waals surface area (Å²) in [7, 11) is 0. The number of nitrogens with zero attached hydrogens (tertiary/aromatic N) is 1. The molecule has 0 heterocycles. The second-order valence-electron chi connectivity index (χ2n) is 15.4. The van der Waals surface area contributed by atoms with E-state index < -0.39 is 5.41 Å². The minimum atomic E-state index is -0.545. The molecule has 0 aliphatic heterocycles. The van der Waals surface area contributed by atoms with Crippen LogP contribution in [0.1, 0.15) is 40.7 Å². The van der Waals surface area contributed by atoms with Gasteiger partial charge in [-0.3, -0.25) is 0 Å². The van der Waals surface area contributed by atoms with E-state index in [0.717, 1.165) is 18.5 Å². The van der Waals surface area contributed by atoms with Crippen LogP contribution in [0.3, 0.4) is 0 Å². The Hall–Kier alpha value is -6.96. The summed E-state index contributed by atoms with van der Waals surface area (Å²) in [6.07, 6.45) is 9.15. The number of para-hydroxylation sites is 2. The lowest BCUT2D eigenvalue weighted by atomic mass is 9.69. The molecule has 12 rings (SSSR count). The van der Waals surface area contributed by atoms with Crippen molar-refractivity contribution in [2.24, 2.45) is 0 Å². The number of rotatable bonds is 4. The Morgan fingerprint density at radius 3 is 1.61 bits per heavy atom. The quantitative estimate of drug-likeness (QED) is 0.164. The van der Waals surface area contributed by atoms with E-state index in [0.29, 0.717) is 0 Å². The molecule has 0 fully saturated rings.